The van der Waals surface area contributed by atoms with E-state index in [1.165, 1.54) is 28.6 Å². The molecule has 1 aliphatic heterocycles. The molecule has 0 spiro atoms. The normalized spacial score (nSPS) is 16.6. The number of aliphatic carboxylic acids is 1. The van der Waals surface area contributed by atoms with Crippen molar-refractivity contribution in [2.75, 3.05) is 26.3 Å². The summed E-state index contributed by atoms with van der Waals surface area (Å²) < 4.78 is 31.1. The van der Waals surface area contributed by atoms with Gasteiger partial charge in [-0.25, -0.2) is 8.42 Å². The Labute approximate surface area is 122 Å². The number of sulfonamides is 1. The Bertz CT molecular complexity index is 631. The first-order valence-corrected chi connectivity index (χ1v) is 7.78. The molecule has 0 bridgehead atoms. The maximum atomic E-state index is 12.3. The lowest BCUT2D eigenvalue weighted by Gasteiger charge is -2.26. The Kier molecular flexibility index (Phi) is 4.71. The fourth-order valence-electron chi connectivity index (χ4n) is 1.99. The van der Waals surface area contributed by atoms with E-state index < -0.39 is 28.2 Å². The molecule has 0 unspecified atom stereocenters. The zero-order valence-electron chi connectivity index (χ0n) is 11.2. The predicted octanol–water partition coefficient (Wildman–Crippen LogP) is 0.365. The van der Waals surface area contributed by atoms with E-state index >= 15 is 0 Å². The summed E-state index contributed by atoms with van der Waals surface area (Å²) in [4.78, 5) is 22.1. The van der Waals surface area contributed by atoms with Gasteiger partial charge in [0.05, 0.1) is 18.1 Å². The van der Waals surface area contributed by atoms with E-state index in [2.05, 4.69) is 0 Å². The molecule has 0 aromatic heterocycles. The second kappa shape index (κ2) is 6.33. The summed E-state index contributed by atoms with van der Waals surface area (Å²) in [6.45, 7) is 1.30. The number of carbonyl (C=O) groups is 2. The Morgan fingerprint density at radius 3 is 2.24 bits per heavy atom. The minimum Gasteiger partial charge on any atom is -0.481 e. The van der Waals surface area contributed by atoms with Crippen LogP contribution in [0.15, 0.2) is 29.2 Å². The Morgan fingerprint density at radius 2 is 1.71 bits per heavy atom. The maximum absolute atomic E-state index is 12.3. The van der Waals surface area contributed by atoms with Crippen LogP contribution in [0.4, 0.5) is 0 Å². The number of nitrogens with zero attached hydrogens (tertiary/aromatic N) is 1. The minimum absolute atomic E-state index is 0.0799. The van der Waals surface area contributed by atoms with Crippen LogP contribution < -0.4 is 0 Å². The monoisotopic (exact) mass is 313 g/mol. The average Bonchev–Trinajstić information content (AvgIpc) is 2.47. The summed E-state index contributed by atoms with van der Waals surface area (Å²) in [7, 11) is -3.60. The summed E-state index contributed by atoms with van der Waals surface area (Å²) in [5.41, 5.74) is 0.179. The third-order valence-corrected chi connectivity index (χ3v) is 5.01. The molecule has 1 fully saturated rings. The van der Waals surface area contributed by atoms with Crippen LogP contribution in [0.5, 0.6) is 0 Å². The fraction of sp³-hybridized carbons (Fsp3) is 0.385. The van der Waals surface area contributed by atoms with Crippen LogP contribution in [0.25, 0.3) is 0 Å². The lowest BCUT2D eigenvalue weighted by molar-refractivity contribution is -0.135. The molecule has 0 atom stereocenters. The number of carboxylic acid groups (broad SMARTS) is 1. The van der Waals surface area contributed by atoms with Gasteiger partial charge in [-0.2, -0.15) is 4.31 Å². The molecule has 114 valence electrons. The van der Waals surface area contributed by atoms with Gasteiger partial charge in [-0.1, -0.05) is 12.1 Å². The number of hydrogen-bond acceptors (Lipinski definition) is 5. The second-order valence-electron chi connectivity index (χ2n) is 4.53. The standard InChI is InChI=1S/C13H15NO6S/c15-12(9-13(16)17)10-1-3-11(4-2-10)21(18,19)14-5-7-20-8-6-14/h1-4H,5-9H2,(H,16,17). The number of morpholine rings is 1. The van der Waals surface area contributed by atoms with Gasteiger partial charge in [-0.3, -0.25) is 9.59 Å². The van der Waals surface area contributed by atoms with Crippen molar-refractivity contribution in [2.45, 2.75) is 11.3 Å². The molecule has 1 aromatic rings. The number of benzene rings is 1. The van der Waals surface area contributed by atoms with E-state index in [0.29, 0.717) is 26.3 Å². The molecule has 0 aliphatic carbocycles. The molecular weight excluding hydrogens is 298 g/mol. The number of Topliss-reactive ketones (excluding diaryl/α,β-unsaturated/α-hetero) is 1. The molecule has 0 radical (unpaired) electrons. The van der Waals surface area contributed by atoms with Crippen LogP contribution in [0.1, 0.15) is 16.8 Å². The highest BCUT2D eigenvalue weighted by atomic mass is 32.2. The zero-order valence-corrected chi connectivity index (χ0v) is 12.0. The van der Waals surface area contributed by atoms with E-state index in [1.54, 1.807) is 0 Å². The van der Waals surface area contributed by atoms with Crippen LogP contribution in [0.3, 0.4) is 0 Å². The zero-order chi connectivity index (χ0) is 15.5. The van der Waals surface area contributed by atoms with Crippen molar-refractivity contribution < 1.29 is 27.9 Å². The van der Waals surface area contributed by atoms with Crippen LogP contribution in [0.2, 0.25) is 0 Å². The lowest BCUT2D eigenvalue weighted by Crippen LogP contribution is -2.40. The van der Waals surface area contributed by atoms with E-state index in [-0.39, 0.29) is 10.5 Å². The maximum Gasteiger partial charge on any atom is 0.311 e. The van der Waals surface area contributed by atoms with Crippen molar-refractivity contribution in [1.29, 1.82) is 0 Å². The van der Waals surface area contributed by atoms with Crippen molar-refractivity contribution in [3.63, 3.8) is 0 Å². The molecule has 1 aliphatic rings. The van der Waals surface area contributed by atoms with Crippen molar-refractivity contribution in [3.8, 4) is 0 Å². The van der Waals surface area contributed by atoms with Crippen molar-refractivity contribution in [3.05, 3.63) is 29.8 Å². The van der Waals surface area contributed by atoms with Gasteiger partial charge in [0.25, 0.3) is 0 Å². The highest BCUT2D eigenvalue weighted by molar-refractivity contribution is 7.89. The number of rotatable bonds is 5. The molecule has 0 saturated carbocycles. The third-order valence-electron chi connectivity index (χ3n) is 3.10. The smallest absolute Gasteiger partial charge is 0.311 e. The summed E-state index contributed by atoms with van der Waals surface area (Å²) in [6.07, 6.45) is -0.616. The van der Waals surface area contributed by atoms with Crippen LogP contribution >= 0.6 is 0 Å². The molecule has 1 aromatic carbocycles. The predicted molar refractivity (Wildman–Crippen MR) is 72.6 cm³/mol. The molecular formula is C13H15NO6S. The minimum atomic E-state index is -3.60. The van der Waals surface area contributed by atoms with E-state index in [1.807, 2.05) is 0 Å². The molecule has 8 heteroatoms. The number of ether oxygens (including phenoxy) is 1. The van der Waals surface area contributed by atoms with Gasteiger partial charge in [0.15, 0.2) is 5.78 Å². The van der Waals surface area contributed by atoms with E-state index in [9.17, 15) is 18.0 Å². The van der Waals surface area contributed by atoms with Crippen molar-refractivity contribution in [2.24, 2.45) is 0 Å². The summed E-state index contributed by atoms with van der Waals surface area (Å²) in [5, 5.41) is 8.56. The number of hydrogen-bond donors (Lipinski definition) is 1. The molecule has 0 amide bonds. The Hall–Kier alpha value is -1.77. The molecule has 1 heterocycles. The SMILES string of the molecule is O=C(O)CC(=O)c1ccc(S(=O)(=O)N2CCOCC2)cc1. The van der Waals surface area contributed by atoms with Gasteiger partial charge in [0.2, 0.25) is 10.0 Å². The molecule has 2 rings (SSSR count). The Balaban J connectivity index is 2.18. The van der Waals surface area contributed by atoms with Gasteiger partial charge in [0, 0.05) is 18.7 Å². The van der Waals surface area contributed by atoms with Crippen LogP contribution in [0, 0.1) is 0 Å². The van der Waals surface area contributed by atoms with Crippen LogP contribution in [-0.4, -0.2) is 55.9 Å². The summed E-state index contributed by atoms with van der Waals surface area (Å²) in [5.74, 6) is -1.78. The van der Waals surface area contributed by atoms with Gasteiger partial charge in [-0.05, 0) is 12.1 Å². The van der Waals surface area contributed by atoms with Crippen LogP contribution in [-0.2, 0) is 19.6 Å². The molecule has 1 saturated heterocycles. The summed E-state index contributed by atoms with van der Waals surface area (Å²) >= 11 is 0. The van der Waals surface area contributed by atoms with Crippen molar-refractivity contribution in [1.82, 2.24) is 4.31 Å². The highest BCUT2D eigenvalue weighted by Gasteiger charge is 2.26. The third kappa shape index (κ3) is 3.66. The summed E-state index contributed by atoms with van der Waals surface area (Å²) in [6, 6.07) is 5.30. The van der Waals surface area contributed by atoms with Gasteiger partial charge < -0.3 is 9.84 Å². The highest BCUT2D eigenvalue weighted by Crippen LogP contribution is 2.18. The first-order valence-electron chi connectivity index (χ1n) is 6.34. The van der Waals surface area contributed by atoms with E-state index in [0.717, 1.165) is 0 Å². The average molecular weight is 313 g/mol. The second-order valence-corrected chi connectivity index (χ2v) is 6.47. The fourth-order valence-corrected chi connectivity index (χ4v) is 3.40. The first kappa shape index (κ1) is 15.6. The van der Waals surface area contributed by atoms with Gasteiger partial charge in [0.1, 0.15) is 6.42 Å². The number of carboxylic acids is 1. The van der Waals surface area contributed by atoms with Gasteiger partial charge in [-0.15, -0.1) is 0 Å². The number of ketones is 1. The largest absolute Gasteiger partial charge is 0.481 e. The number of carbonyl (C=O) groups excluding carboxylic acids is 1. The van der Waals surface area contributed by atoms with Crippen molar-refractivity contribution >= 4 is 21.8 Å². The molecule has 7 nitrogen and oxygen atoms in total. The lowest BCUT2D eigenvalue weighted by atomic mass is 10.1. The van der Waals surface area contributed by atoms with Gasteiger partial charge >= 0.3 is 5.97 Å². The Morgan fingerprint density at radius 1 is 1.14 bits per heavy atom. The topological polar surface area (TPSA) is 101 Å². The van der Waals surface area contributed by atoms with E-state index in [4.69, 9.17) is 9.84 Å². The quantitative estimate of drug-likeness (QED) is 0.622. The molecule has 1 N–H and O–H groups in total. The molecule has 21 heavy (non-hydrogen) atoms. The first-order chi connectivity index (χ1) is 9.91.